The molecule has 1 saturated carbocycles. The fourth-order valence-corrected chi connectivity index (χ4v) is 3.34. The number of fused-ring (bicyclic) bond motifs is 1. The van der Waals surface area contributed by atoms with Gasteiger partial charge >= 0.3 is 0 Å². The Balaban J connectivity index is 2.13. The molecule has 2 N–H and O–H groups in total. The molecule has 2 unspecified atom stereocenters. The molecule has 1 aromatic carbocycles. The third kappa shape index (κ3) is 1.91. The first-order valence-electron chi connectivity index (χ1n) is 6.82. The van der Waals surface area contributed by atoms with Crippen LogP contribution in [0.3, 0.4) is 0 Å². The van der Waals surface area contributed by atoms with Gasteiger partial charge in [0.2, 0.25) is 0 Å². The van der Waals surface area contributed by atoms with Crippen LogP contribution in [0.2, 0.25) is 0 Å². The van der Waals surface area contributed by atoms with Gasteiger partial charge in [0.05, 0.1) is 5.52 Å². The molecule has 0 spiro atoms. The molecule has 0 radical (unpaired) electrons. The predicted molar refractivity (Wildman–Crippen MR) is 75.2 cm³/mol. The van der Waals surface area contributed by atoms with Crippen molar-refractivity contribution in [1.82, 2.24) is 4.98 Å². The minimum absolute atomic E-state index is 0.189. The maximum absolute atomic E-state index is 6.70. The first kappa shape index (κ1) is 11.7. The van der Waals surface area contributed by atoms with Gasteiger partial charge in [-0.1, -0.05) is 44.0 Å². The zero-order valence-electron chi connectivity index (χ0n) is 10.9. The van der Waals surface area contributed by atoms with Crippen molar-refractivity contribution in [2.75, 3.05) is 0 Å². The molecular formula is C16H20N2. The summed E-state index contributed by atoms with van der Waals surface area (Å²) in [5.41, 5.74) is 8.82. The van der Waals surface area contributed by atoms with Crippen molar-refractivity contribution >= 4 is 10.9 Å². The van der Waals surface area contributed by atoms with Crippen LogP contribution in [0.5, 0.6) is 0 Å². The molecule has 1 fully saturated rings. The summed E-state index contributed by atoms with van der Waals surface area (Å²) < 4.78 is 0. The van der Waals surface area contributed by atoms with E-state index < -0.39 is 0 Å². The van der Waals surface area contributed by atoms with Crippen molar-refractivity contribution in [3.8, 4) is 0 Å². The molecule has 0 amide bonds. The Bertz CT molecular complexity index is 559. The second-order valence-electron chi connectivity index (χ2n) is 5.74. The maximum Gasteiger partial charge on any atom is 0.0752 e. The Kier molecular flexibility index (Phi) is 2.83. The Morgan fingerprint density at radius 2 is 2.11 bits per heavy atom. The number of nitrogens with two attached hydrogens (primary N) is 1. The lowest BCUT2D eigenvalue weighted by atomic mass is 9.72. The molecule has 0 bridgehead atoms. The second kappa shape index (κ2) is 4.36. The van der Waals surface area contributed by atoms with E-state index in [0.717, 1.165) is 18.4 Å². The molecule has 18 heavy (non-hydrogen) atoms. The van der Waals surface area contributed by atoms with Gasteiger partial charge in [-0.05, 0) is 30.4 Å². The summed E-state index contributed by atoms with van der Waals surface area (Å²) >= 11 is 0. The van der Waals surface area contributed by atoms with Crippen molar-refractivity contribution < 1.29 is 0 Å². The van der Waals surface area contributed by atoms with E-state index in [1.807, 2.05) is 12.3 Å². The first-order valence-corrected chi connectivity index (χ1v) is 6.82. The smallest absolute Gasteiger partial charge is 0.0752 e. The summed E-state index contributed by atoms with van der Waals surface area (Å²) in [5.74, 6) is 0.711. The molecule has 0 aliphatic heterocycles. The van der Waals surface area contributed by atoms with Crippen molar-refractivity contribution in [3.63, 3.8) is 0 Å². The van der Waals surface area contributed by atoms with Gasteiger partial charge in [0.25, 0.3) is 0 Å². The van der Waals surface area contributed by atoms with Gasteiger partial charge in [-0.3, -0.25) is 4.98 Å². The zero-order valence-corrected chi connectivity index (χ0v) is 10.9. The minimum Gasteiger partial charge on any atom is -0.321 e. The Morgan fingerprint density at radius 3 is 2.94 bits per heavy atom. The molecule has 94 valence electrons. The van der Waals surface area contributed by atoms with E-state index in [9.17, 15) is 0 Å². The molecule has 2 nitrogen and oxygen atoms in total. The third-order valence-electron chi connectivity index (χ3n) is 4.20. The van der Waals surface area contributed by atoms with Crippen LogP contribution < -0.4 is 5.73 Å². The summed E-state index contributed by atoms with van der Waals surface area (Å²) in [5, 5.41) is 1.19. The van der Waals surface area contributed by atoms with Crippen LogP contribution in [0, 0.1) is 5.92 Å². The summed E-state index contributed by atoms with van der Waals surface area (Å²) in [6.45, 7) is 2.30. The van der Waals surface area contributed by atoms with Crippen LogP contribution in [0.4, 0.5) is 0 Å². The highest BCUT2D eigenvalue weighted by Gasteiger charge is 2.34. The predicted octanol–water partition coefficient (Wildman–Crippen LogP) is 3.60. The second-order valence-corrected chi connectivity index (χ2v) is 5.74. The van der Waals surface area contributed by atoms with Crippen LogP contribution >= 0.6 is 0 Å². The number of rotatable bonds is 1. The number of hydrogen-bond acceptors (Lipinski definition) is 2. The molecule has 3 rings (SSSR count). The lowest BCUT2D eigenvalue weighted by Gasteiger charge is -2.37. The quantitative estimate of drug-likeness (QED) is 0.827. The van der Waals surface area contributed by atoms with Gasteiger partial charge in [0, 0.05) is 17.1 Å². The summed E-state index contributed by atoms with van der Waals surface area (Å²) in [6, 6.07) is 10.5. The van der Waals surface area contributed by atoms with Crippen LogP contribution in [0.25, 0.3) is 10.9 Å². The molecule has 0 saturated heterocycles. The standard InChI is InChI=1S/C16H20N2/c1-12-5-3-9-16(17,11-12)14-8-2-6-13-7-4-10-18-15(13)14/h2,4,6-8,10,12H,3,5,9,11,17H2,1H3. The molecule has 1 aliphatic carbocycles. The SMILES string of the molecule is CC1CCCC(N)(c2cccc3cccnc23)C1. The topological polar surface area (TPSA) is 38.9 Å². The average molecular weight is 240 g/mol. The Hall–Kier alpha value is -1.41. The van der Waals surface area contributed by atoms with Crippen molar-refractivity contribution in [2.45, 2.75) is 38.1 Å². The highest BCUT2D eigenvalue weighted by atomic mass is 14.8. The number of para-hydroxylation sites is 1. The largest absolute Gasteiger partial charge is 0.321 e. The monoisotopic (exact) mass is 240 g/mol. The van der Waals surface area contributed by atoms with Crippen LogP contribution in [0.15, 0.2) is 36.5 Å². The molecular weight excluding hydrogens is 220 g/mol. The van der Waals surface area contributed by atoms with Gasteiger partial charge in [-0.25, -0.2) is 0 Å². The van der Waals surface area contributed by atoms with Crippen LogP contribution in [0.1, 0.15) is 38.2 Å². The van der Waals surface area contributed by atoms with Crippen molar-refractivity contribution in [1.29, 1.82) is 0 Å². The molecule has 2 aromatic rings. The molecule has 1 aromatic heterocycles. The Labute approximate surface area is 108 Å². The number of aromatic nitrogens is 1. The first-order chi connectivity index (χ1) is 8.69. The van der Waals surface area contributed by atoms with Crippen molar-refractivity contribution in [2.24, 2.45) is 11.7 Å². The Morgan fingerprint density at radius 1 is 1.28 bits per heavy atom. The fraction of sp³-hybridized carbons (Fsp3) is 0.438. The van der Waals surface area contributed by atoms with Gasteiger partial charge in [0.15, 0.2) is 0 Å². The van der Waals surface area contributed by atoms with E-state index in [1.165, 1.54) is 23.8 Å². The number of nitrogens with zero attached hydrogens (tertiary/aromatic N) is 1. The van der Waals surface area contributed by atoms with Gasteiger partial charge < -0.3 is 5.73 Å². The van der Waals surface area contributed by atoms with Gasteiger partial charge in [-0.2, -0.15) is 0 Å². The van der Waals surface area contributed by atoms with Gasteiger partial charge in [0.1, 0.15) is 0 Å². The van der Waals surface area contributed by atoms with E-state index in [-0.39, 0.29) is 5.54 Å². The third-order valence-corrected chi connectivity index (χ3v) is 4.20. The molecule has 1 aliphatic rings. The normalized spacial score (nSPS) is 28.4. The van der Waals surface area contributed by atoms with Crippen LogP contribution in [-0.2, 0) is 5.54 Å². The maximum atomic E-state index is 6.70. The minimum atomic E-state index is -0.189. The molecule has 1 heterocycles. The highest BCUT2D eigenvalue weighted by Crippen LogP contribution is 2.39. The van der Waals surface area contributed by atoms with Crippen molar-refractivity contribution in [3.05, 3.63) is 42.1 Å². The number of hydrogen-bond donors (Lipinski definition) is 1. The highest BCUT2D eigenvalue weighted by molar-refractivity contribution is 5.82. The van der Waals surface area contributed by atoms with E-state index in [0.29, 0.717) is 5.92 Å². The van der Waals surface area contributed by atoms with E-state index in [1.54, 1.807) is 0 Å². The summed E-state index contributed by atoms with van der Waals surface area (Å²) in [4.78, 5) is 4.55. The number of benzene rings is 1. The average Bonchev–Trinajstić information content (AvgIpc) is 2.38. The number of pyridine rings is 1. The van der Waals surface area contributed by atoms with Crippen LogP contribution in [-0.4, -0.2) is 4.98 Å². The van der Waals surface area contributed by atoms with E-state index >= 15 is 0 Å². The lowest BCUT2D eigenvalue weighted by Crippen LogP contribution is -2.41. The van der Waals surface area contributed by atoms with E-state index in [4.69, 9.17) is 5.73 Å². The molecule has 2 atom stereocenters. The molecule has 2 heteroatoms. The zero-order chi connectivity index (χ0) is 12.6. The lowest BCUT2D eigenvalue weighted by molar-refractivity contribution is 0.240. The van der Waals surface area contributed by atoms with Gasteiger partial charge in [-0.15, -0.1) is 0 Å². The summed E-state index contributed by atoms with van der Waals surface area (Å²) in [7, 11) is 0. The summed E-state index contributed by atoms with van der Waals surface area (Å²) in [6.07, 6.45) is 6.54. The van der Waals surface area contributed by atoms with E-state index in [2.05, 4.69) is 36.2 Å². The fourth-order valence-electron chi connectivity index (χ4n) is 3.34.